The van der Waals surface area contributed by atoms with Gasteiger partial charge in [-0.3, -0.25) is 0 Å². The Balaban J connectivity index is 1.08. The fourth-order valence-electron chi connectivity index (χ4n) is 8.45. The lowest BCUT2D eigenvalue weighted by atomic mass is 9.93. The van der Waals surface area contributed by atoms with Gasteiger partial charge in [0.15, 0.2) is 0 Å². The van der Waals surface area contributed by atoms with Crippen LogP contribution in [0.2, 0.25) is 0 Å². The molecule has 0 aliphatic heterocycles. The van der Waals surface area contributed by atoms with Gasteiger partial charge in [-0.1, -0.05) is 127 Å². The van der Waals surface area contributed by atoms with E-state index in [0.29, 0.717) is 0 Å². The average molecular weight is 729 g/mol. The van der Waals surface area contributed by atoms with Crippen molar-refractivity contribution in [2.24, 2.45) is 0 Å². The van der Waals surface area contributed by atoms with E-state index < -0.39 is 0 Å². The average Bonchev–Trinajstić information content (AvgIpc) is 3.83. The molecule has 11 aromatic rings. The summed E-state index contributed by atoms with van der Waals surface area (Å²) in [7, 11) is 0. The van der Waals surface area contributed by atoms with Crippen molar-refractivity contribution in [2.45, 2.75) is 0 Å². The van der Waals surface area contributed by atoms with E-state index >= 15 is 0 Å². The first-order valence-electron chi connectivity index (χ1n) is 19.4. The Morgan fingerprint density at radius 3 is 1.44 bits per heavy atom. The number of benzene rings is 9. The van der Waals surface area contributed by atoms with E-state index in [2.05, 4.69) is 216 Å². The fourth-order valence-corrected chi connectivity index (χ4v) is 8.45. The minimum atomic E-state index is 0.879. The zero-order valence-electron chi connectivity index (χ0n) is 31.1. The van der Waals surface area contributed by atoms with E-state index in [1.54, 1.807) is 0 Å². The second kappa shape index (κ2) is 13.6. The van der Waals surface area contributed by atoms with Gasteiger partial charge in [0.05, 0.1) is 11.0 Å². The Labute approximate surface area is 330 Å². The summed E-state index contributed by atoms with van der Waals surface area (Å²) >= 11 is 0. The molecule has 0 spiro atoms. The van der Waals surface area contributed by atoms with Crippen molar-refractivity contribution in [3.8, 4) is 39.1 Å². The summed E-state index contributed by atoms with van der Waals surface area (Å²) in [5, 5.41) is 4.63. The molecule has 0 radical (unpaired) electrons. The molecule has 0 unspecified atom stereocenters. The lowest BCUT2D eigenvalue weighted by Gasteiger charge is -2.26. The van der Waals surface area contributed by atoms with Gasteiger partial charge in [-0.2, -0.15) is 0 Å². The Hall–Kier alpha value is -7.62. The van der Waals surface area contributed by atoms with Gasteiger partial charge in [0.2, 0.25) is 0 Å². The van der Waals surface area contributed by atoms with Crippen molar-refractivity contribution in [1.29, 1.82) is 0 Å². The molecule has 9 aromatic carbocycles. The van der Waals surface area contributed by atoms with Crippen LogP contribution in [0.1, 0.15) is 0 Å². The molecule has 268 valence electrons. The SMILES string of the molecule is c1ccc(-c2cc(-c3ccccc3)cc(-c3ccc(N(c4ccc5oc6ccccc6c5c4)c4ccc5c(c4)c4ccccc4n5-c4ccccc4)cc3)c2)cc1. The Morgan fingerprint density at radius 2 is 0.772 bits per heavy atom. The van der Waals surface area contributed by atoms with Crippen LogP contribution in [0.5, 0.6) is 0 Å². The van der Waals surface area contributed by atoms with Gasteiger partial charge in [0.25, 0.3) is 0 Å². The lowest BCUT2D eigenvalue weighted by Crippen LogP contribution is -2.10. The van der Waals surface area contributed by atoms with Crippen LogP contribution in [-0.4, -0.2) is 4.57 Å². The number of fused-ring (bicyclic) bond motifs is 6. The van der Waals surface area contributed by atoms with Crippen molar-refractivity contribution in [3.63, 3.8) is 0 Å². The second-order valence-electron chi connectivity index (χ2n) is 14.6. The third-order valence-electron chi connectivity index (χ3n) is 11.2. The van der Waals surface area contributed by atoms with E-state index in [1.807, 2.05) is 12.1 Å². The van der Waals surface area contributed by atoms with Gasteiger partial charge in [0.1, 0.15) is 11.2 Å². The number of nitrogens with zero attached hydrogens (tertiary/aromatic N) is 2. The number of aromatic nitrogens is 1. The van der Waals surface area contributed by atoms with Crippen LogP contribution in [0, 0.1) is 0 Å². The summed E-state index contributed by atoms with van der Waals surface area (Å²) in [4.78, 5) is 2.37. The Bertz CT molecular complexity index is 3160. The zero-order valence-corrected chi connectivity index (χ0v) is 31.1. The quantitative estimate of drug-likeness (QED) is 0.163. The monoisotopic (exact) mass is 728 g/mol. The normalized spacial score (nSPS) is 11.5. The fraction of sp³-hybridized carbons (Fsp3) is 0. The third kappa shape index (κ3) is 5.76. The zero-order chi connectivity index (χ0) is 37.7. The van der Waals surface area contributed by atoms with E-state index in [1.165, 1.54) is 49.6 Å². The summed E-state index contributed by atoms with van der Waals surface area (Å²) in [5.74, 6) is 0. The highest BCUT2D eigenvalue weighted by Gasteiger charge is 2.19. The van der Waals surface area contributed by atoms with Crippen LogP contribution in [0.3, 0.4) is 0 Å². The van der Waals surface area contributed by atoms with Gasteiger partial charge >= 0.3 is 0 Å². The topological polar surface area (TPSA) is 21.3 Å². The maximum absolute atomic E-state index is 6.28. The lowest BCUT2D eigenvalue weighted by molar-refractivity contribution is 0.669. The largest absolute Gasteiger partial charge is 0.456 e. The molecule has 0 saturated heterocycles. The highest BCUT2D eigenvalue weighted by Crippen LogP contribution is 2.42. The number of anilines is 3. The van der Waals surface area contributed by atoms with E-state index in [4.69, 9.17) is 4.42 Å². The molecule has 0 aliphatic rings. The standard InChI is InChI=1S/C54H36N2O/c1-4-14-37(15-5-1)40-32-41(38-16-6-2-7-17-38)34-42(33-40)39-24-26-44(27-25-39)55(46-29-31-54-50(36-46)48-21-11-13-23-53(48)57-54)45-28-30-52-49(35-45)47-20-10-12-22-51(47)56(52)43-18-8-3-9-19-43/h1-36H. The highest BCUT2D eigenvalue weighted by molar-refractivity contribution is 6.11. The summed E-state index contributed by atoms with van der Waals surface area (Å²) in [6.45, 7) is 0. The molecule has 0 atom stereocenters. The Kier molecular flexibility index (Phi) is 7.82. The van der Waals surface area contributed by atoms with Crippen LogP contribution >= 0.6 is 0 Å². The number of rotatable bonds is 7. The first-order valence-corrected chi connectivity index (χ1v) is 19.4. The maximum atomic E-state index is 6.28. The third-order valence-corrected chi connectivity index (χ3v) is 11.2. The molecular weight excluding hydrogens is 693 g/mol. The van der Waals surface area contributed by atoms with Crippen molar-refractivity contribution in [3.05, 3.63) is 218 Å². The van der Waals surface area contributed by atoms with Crippen LogP contribution in [0.4, 0.5) is 17.1 Å². The van der Waals surface area contributed by atoms with Gasteiger partial charge in [-0.25, -0.2) is 0 Å². The van der Waals surface area contributed by atoms with E-state index in [0.717, 1.165) is 50.3 Å². The van der Waals surface area contributed by atoms with Crippen LogP contribution in [0.15, 0.2) is 223 Å². The van der Waals surface area contributed by atoms with Crippen molar-refractivity contribution in [2.75, 3.05) is 4.90 Å². The number of hydrogen-bond donors (Lipinski definition) is 0. The molecular formula is C54H36N2O. The maximum Gasteiger partial charge on any atom is 0.135 e. The minimum absolute atomic E-state index is 0.879. The smallest absolute Gasteiger partial charge is 0.135 e. The molecule has 57 heavy (non-hydrogen) atoms. The van der Waals surface area contributed by atoms with Crippen molar-refractivity contribution >= 4 is 60.8 Å². The molecule has 0 fully saturated rings. The predicted molar refractivity (Wildman–Crippen MR) is 239 cm³/mol. The van der Waals surface area contributed by atoms with E-state index in [9.17, 15) is 0 Å². The first-order chi connectivity index (χ1) is 28.2. The number of furan rings is 1. The molecule has 0 aliphatic carbocycles. The predicted octanol–water partition coefficient (Wildman–Crippen LogP) is 15.2. The van der Waals surface area contributed by atoms with Gasteiger partial charge in [-0.15, -0.1) is 0 Å². The molecule has 11 rings (SSSR count). The molecule has 3 nitrogen and oxygen atoms in total. The van der Waals surface area contributed by atoms with Gasteiger partial charge < -0.3 is 13.9 Å². The van der Waals surface area contributed by atoms with Gasteiger partial charge in [0, 0.05) is 44.3 Å². The van der Waals surface area contributed by atoms with Gasteiger partial charge in [-0.05, 0) is 124 Å². The number of hydrogen-bond acceptors (Lipinski definition) is 2. The van der Waals surface area contributed by atoms with Crippen LogP contribution < -0.4 is 4.90 Å². The molecule has 0 N–H and O–H groups in total. The molecule has 0 bridgehead atoms. The second-order valence-corrected chi connectivity index (χ2v) is 14.6. The molecule has 2 heterocycles. The van der Waals surface area contributed by atoms with Crippen molar-refractivity contribution < 1.29 is 4.42 Å². The molecule has 3 heteroatoms. The first kappa shape index (κ1) is 32.8. The molecule has 2 aromatic heterocycles. The highest BCUT2D eigenvalue weighted by atomic mass is 16.3. The van der Waals surface area contributed by atoms with E-state index in [-0.39, 0.29) is 0 Å². The minimum Gasteiger partial charge on any atom is -0.456 e. The summed E-state index contributed by atoms with van der Waals surface area (Å²) in [6, 6.07) is 78.3. The molecule has 0 amide bonds. The van der Waals surface area contributed by atoms with Crippen LogP contribution in [-0.2, 0) is 0 Å². The molecule has 0 saturated carbocycles. The van der Waals surface area contributed by atoms with Crippen LogP contribution in [0.25, 0.3) is 82.8 Å². The summed E-state index contributed by atoms with van der Waals surface area (Å²) < 4.78 is 8.64. The van der Waals surface area contributed by atoms with Crippen molar-refractivity contribution in [1.82, 2.24) is 4.57 Å². The number of para-hydroxylation sites is 3. The Morgan fingerprint density at radius 1 is 0.298 bits per heavy atom. The summed E-state index contributed by atoms with van der Waals surface area (Å²) in [5.41, 5.74) is 15.6. The summed E-state index contributed by atoms with van der Waals surface area (Å²) in [6.07, 6.45) is 0.